The van der Waals surface area contributed by atoms with Crippen LogP contribution in [-0.4, -0.2) is 15.8 Å². The Morgan fingerprint density at radius 2 is 1.95 bits per heavy atom. The summed E-state index contributed by atoms with van der Waals surface area (Å²) in [5.41, 5.74) is 0.667. The quantitative estimate of drug-likeness (QED) is 0.593. The minimum absolute atomic E-state index is 0.0152. The number of fused-ring (bicyclic) bond motifs is 1. The van der Waals surface area contributed by atoms with Crippen molar-refractivity contribution in [2.75, 3.05) is 5.32 Å². The fourth-order valence-corrected chi connectivity index (χ4v) is 2.82. The lowest BCUT2D eigenvalue weighted by Crippen LogP contribution is -2.09. The number of carbonyl (C=O) groups is 1. The number of nitro benzene ring substituents is 1. The van der Waals surface area contributed by atoms with Crippen LogP contribution in [0.4, 0.5) is 11.4 Å². The fraction of sp³-hybridized carbons (Fsp3) is 0. The molecule has 2 heterocycles. The molecule has 3 rings (SSSR count). The molecule has 0 fully saturated rings. The summed E-state index contributed by atoms with van der Waals surface area (Å²) >= 11 is 1.29. The number of aromatic nitrogens is 1. The highest BCUT2D eigenvalue weighted by Crippen LogP contribution is 2.29. The van der Waals surface area contributed by atoms with Crippen LogP contribution in [0.1, 0.15) is 9.67 Å². The maximum atomic E-state index is 12.1. The number of carbonyl (C=O) groups excluding carboxylic acids is 1. The van der Waals surface area contributed by atoms with Crippen LogP contribution >= 0.6 is 11.3 Å². The van der Waals surface area contributed by atoms with Gasteiger partial charge in [-0.05, 0) is 24.3 Å². The van der Waals surface area contributed by atoms with E-state index in [-0.39, 0.29) is 11.6 Å². The van der Waals surface area contributed by atoms with Crippen LogP contribution in [0.3, 0.4) is 0 Å². The molecule has 1 amide bonds. The van der Waals surface area contributed by atoms with Gasteiger partial charge in [-0.1, -0.05) is 0 Å². The van der Waals surface area contributed by atoms with Gasteiger partial charge in [0.1, 0.15) is 0 Å². The van der Waals surface area contributed by atoms with E-state index in [9.17, 15) is 14.9 Å². The highest BCUT2D eigenvalue weighted by Gasteiger charge is 2.13. The lowest BCUT2D eigenvalue weighted by molar-refractivity contribution is -0.384. The second-order valence-corrected chi connectivity index (χ2v) is 5.36. The van der Waals surface area contributed by atoms with Gasteiger partial charge in [0.05, 0.1) is 9.80 Å². The van der Waals surface area contributed by atoms with Crippen LogP contribution in [-0.2, 0) is 0 Å². The number of amides is 1. The highest BCUT2D eigenvalue weighted by molar-refractivity contribution is 7.20. The molecule has 0 saturated carbocycles. The number of anilines is 1. The van der Waals surface area contributed by atoms with E-state index < -0.39 is 4.92 Å². The summed E-state index contributed by atoms with van der Waals surface area (Å²) in [5, 5.41) is 14.2. The van der Waals surface area contributed by atoms with E-state index in [4.69, 9.17) is 0 Å². The first kappa shape index (κ1) is 13.2. The van der Waals surface area contributed by atoms with Crippen molar-refractivity contribution in [1.29, 1.82) is 0 Å². The molecule has 0 aliphatic rings. The van der Waals surface area contributed by atoms with Gasteiger partial charge >= 0.3 is 0 Å². The van der Waals surface area contributed by atoms with Gasteiger partial charge in [-0.25, -0.2) is 0 Å². The van der Waals surface area contributed by atoms with Crippen LogP contribution in [0, 0.1) is 10.1 Å². The van der Waals surface area contributed by atoms with Crippen molar-refractivity contribution in [2.24, 2.45) is 0 Å². The van der Waals surface area contributed by atoms with Crippen molar-refractivity contribution < 1.29 is 9.72 Å². The predicted octanol–water partition coefficient (Wildman–Crippen LogP) is 3.46. The number of nitrogens with zero attached hydrogens (tertiary/aromatic N) is 2. The van der Waals surface area contributed by atoms with E-state index in [1.807, 2.05) is 0 Å². The Morgan fingerprint density at radius 3 is 2.67 bits per heavy atom. The highest BCUT2D eigenvalue weighted by atomic mass is 32.1. The molecule has 0 spiro atoms. The molecule has 7 heteroatoms. The number of rotatable bonds is 3. The number of thiophene rings is 1. The molecular weight excluding hydrogens is 290 g/mol. The molecule has 0 aliphatic heterocycles. The first-order valence-electron chi connectivity index (χ1n) is 6.03. The third kappa shape index (κ3) is 2.72. The molecule has 104 valence electrons. The smallest absolute Gasteiger partial charge is 0.270 e. The number of non-ortho nitro benzene ring substituents is 1. The summed E-state index contributed by atoms with van der Waals surface area (Å²) in [6.45, 7) is 0. The van der Waals surface area contributed by atoms with Crippen LogP contribution in [0.5, 0.6) is 0 Å². The molecule has 1 N–H and O–H groups in total. The largest absolute Gasteiger partial charge is 0.321 e. The SMILES string of the molecule is O=C(Nc1ccncc1)c1cc2cc([N+](=O)[O-])ccc2s1. The van der Waals surface area contributed by atoms with E-state index in [0.29, 0.717) is 16.0 Å². The Hall–Kier alpha value is -2.80. The zero-order valence-corrected chi connectivity index (χ0v) is 11.5. The Bertz CT molecular complexity index is 830. The Kier molecular flexibility index (Phi) is 3.33. The zero-order valence-electron chi connectivity index (χ0n) is 10.6. The monoisotopic (exact) mass is 299 g/mol. The van der Waals surface area contributed by atoms with Crippen molar-refractivity contribution in [2.45, 2.75) is 0 Å². The average Bonchev–Trinajstić information content (AvgIpc) is 2.91. The van der Waals surface area contributed by atoms with Gasteiger partial charge in [-0.3, -0.25) is 19.9 Å². The summed E-state index contributed by atoms with van der Waals surface area (Å²) < 4.78 is 0.834. The second-order valence-electron chi connectivity index (χ2n) is 4.28. The number of nitrogens with one attached hydrogen (secondary N) is 1. The lowest BCUT2D eigenvalue weighted by atomic mass is 10.2. The van der Waals surface area contributed by atoms with Gasteiger partial charge in [-0.15, -0.1) is 11.3 Å². The summed E-state index contributed by atoms with van der Waals surface area (Å²) in [6.07, 6.45) is 3.17. The standard InChI is InChI=1S/C14H9N3O3S/c18-14(16-10-3-5-15-6-4-10)13-8-9-7-11(17(19)20)1-2-12(9)21-13/h1-8H,(H,15,16,18). The van der Waals surface area contributed by atoms with E-state index in [0.717, 1.165) is 4.70 Å². The number of hydrogen-bond donors (Lipinski definition) is 1. The first-order valence-corrected chi connectivity index (χ1v) is 6.84. The average molecular weight is 299 g/mol. The number of pyridine rings is 1. The molecule has 0 unspecified atom stereocenters. The fourth-order valence-electron chi connectivity index (χ4n) is 1.88. The minimum Gasteiger partial charge on any atom is -0.321 e. The molecule has 0 atom stereocenters. The summed E-state index contributed by atoms with van der Waals surface area (Å²) in [7, 11) is 0. The van der Waals surface area contributed by atoms with Crippen LogP contribution in [0.15, 0.2) is 48.8 Å². The maximum Gasteiger partial charge on any atom is 0.270 e. The third-order valence-corrected chi connectivity index (χ3v) is 3.99. The van der Waals surface area contributed by atoms with Crippen LogP contribution in [0.2, 0.25) is 0 Å². The molecule has 21 heavy (non-hydrogen) atoms. The van der Waals surface area contributed by atoms with Crippen molar-refractivity contribution in [3.05, 3.63) is 63.8 Å². The zero-order chi connectivity index (χ0) is 14.8. The van der Waals surface area contributed by atoms with Crippen molar-refractivity contribution >= 4 is 38.7 Å². The van der Waals surface area contributed by atoms with Crippen molar-refractivity contribution in [1.82, 2.24) is 4.98 Å². The number of benzene rings is 1. The molecule has 0 aliphatic carbocycles. The summed E-state index contributed by atoms with van der Waals surface area (Å²) in [4.78, 5) is 26.8. The maximum absolute atomic E-state index is 12.1. The van der Waals surface area contributed by atoms with E-state index >= 15 is 0 Å². The number of nitro groups is 1. The molecule has 6 nitrogen and oxygen atoms in total. The van der Waals surface area contributed by atoms with Gasteiger partial charge in [0.15, 0.2) is 0 Å². The van der Waals surface area contributed by atoms with Gasteiger partial charge in [0.2, 0.25) is 0 Å². The molecule has 2 aromatic heterocycles. The van der Waals surface area contributed by atoms with Crippen LogP contribution < -0.4 is 5.32 Å². The molecule has 0 radical (unpaired) electrons. The predicted molar refractivity (Wildman–Crippen MR) is 80.7 cm³/mol. The van der Waals surface area contributed by atoms with E-state index in [1.165, 1.54) is 23.5 Å². The summed E-state index contributed by atoms with van der Waals surface area (Å²) in [6, 6.07) is 9.59. The van der Waals surface area contributed by atoms with Gasteiger partial charge in [0, 0.05) is 40.3 Å². The van der Waals surface area contributed by atoms with Gasteiger partial charge in [-0.2, -0.15) is 0 Å². The van der Waals surface area contributed by atoms with E-state index in [1.54, 1.807) is 36.7 Å². The number of hydrogen-bond acceptors (Lipinski definition) is 5. The van der Waals surface area contributed by atoms with Crippen LogP contribution in [0.25, 0.3) is 10.1 Å². The van der Waals surface area contributed by atoms with Crippen molar-refractivity contribution in [3.8, 4) is 0 Å². The topological polar surface area (TPSA) is 85.1 Å². The Balaban J connectivity index is 1.90. The Labute approximate surface area is 123 Å². The molecule has 1 aromatic carbocycles. The minimum atomic E-state index is -0.451. The van der Waals surface area contributed by atoms with Crippen molar-refractivity contribution in [3.63, 3.8) is 0 Å². The van der Waals surface area contributed by atoms with Gasteiger partial charge in [0.25, 0.3) is 11.6 Å². The Morgan fingerprint density at radius 1 is 1.19 bits per heavy atom. The third-order valence-electron chi connectivity index (χ3n) is 2.87. The van der Waals surface area contributed by atoms with E-state index in [2.05, 4.69) is 10.3 Å². The first-order chi connectivity index (χ1) is 10.1. The molecule has 0 bridgehead atoms. The summed E-state index contributed by atoms with van der Waals surface area (Å²) in [5.74, 6) is -0.245. The lowest BCUT2D eigenvalue weighted by Gasteiger charge is -2.01. The molecule has 3 aromatic rings. The van der Waals surface area contributed by atoms with Gasteiger partial charge < -0.3 is 5.32 Å². The normalized spacial score (nSPS) is 10.5. The molecular formula is C14H9N3O3S. The second kappa shape index (κ2) is 5.29. The molecule has 0 saturated heterocycles.